The summed E-state index contributed by atoms with van der Waals surface area (Å²) in [5.74, 6) is 0.816. The molecule has 2 aromatic carbocycles. The van der Waals surface area contributed by atoms with Crippen molar-refractivity contribution in [1.29, 1.82) is 0 Å². The van der Waals surface area contributed by atoms with E-state index in [1.54, 1.807) is 7.11 Å². The Kier molecular flexibility index (Phi) is 6.31. The second kappa shape index (κ2) is 8.88. The first-order valence-electron chi connectivity index (χ1n) is 8.22. The van der Waals surface area contributed by atoms with Gasteiger partial charge < -0.3 is 15.4 Å². The minimum Gasteiger partial charge on any atom is -0.497 e. The number of nitrogens with zero attached hydrogens (tertiary/aromatic N) is 1. The summed E-state index contributed by atoms with van der Waals surface area (Å²) in [6, 6.07) is 13.1. The summed E-state index contributed by atoms with van der Waals surface area (Å²) in [5.41, 5.74) is 2.69. The van der Waals surface area contributed by atoms with Gasteiger partial charge in [0.15, 0.2) is 5.13 Å². The molecule has 2 N–H and O–H groups in total. The van der Waals surface area contributed by atoms with Crippen LogP contribution in [-0.4, -0.2) is 35.4 Å². The molecule has 27 heavy (non-hydrogen) atoms. The molecule has 3 aromatic rings. The highest BCUT2D eigenvalue weighted by atomic mass is 32.2. The number of anilines is 2. The van der Waals surface area contributed by atoms with Gasteiger partial charge >= 0.3 is 0 Å². The second-order valence-corrected chi connectivity index (χ2v) is 7.82. The number of hydrogen-bond donors (Lipinski definition) is 2. The van der Waals surface area contributed by atoms with Gasteiger partial charge in [-0.1, -0.05) is 29.0 Å². The highest BCUT2D eigenvalue weighted by molar-refractivity contribution is 8.00. The van der Waals surface area contributed by atoms with Gasteiger partial charge in [0.25, 0.3) is 0 Å². The number of thiazole rings is 1. The molecule has 140 valence electrons. The number of amides is 2. The molecule has 0 aliphatic carbocycles. The summed E-state index contributed by atoms with van der Waals surface area (Å²) < 4.78 is 6.13. The van der Waals surface area contributed by atoms with E-state index in [2.05, 4.69) is 15.6 Å². The third kappa shape index (κ3) is 5.45. The van der Waals surface area contributed by atoms with Gasteiger partial charge in [-0.15, -0.1) is 11.8 Å². The van der Waals surface area contributed by atoms with Crippen LogP contribution in [0.4, 0.5) is 10.8 Å². The highest BCUT2D eigenvalue weighted by Gasteiger charge is 2.10. The lowest BCUT2D eigenvalue weighted by atomic mass is 10.2. The van der Waals surface area contributed by atoms with Crippen molar-refractivity contribution in [2.75, 3.05) is 29.2 Å². The van der Waals surface area contributed by atoms with E-state index >= 15 is 0 Å². The number of ether oxygens (including phenoxy) is 1. The van der Waals surface area contributed by atoms with Crippen LogP contribution in [0.5, 0.6) is 5.75 Å². The van der Waals surface area contributed by atoms with Gasteiger partial charge in [-0.05, 0) is 37.3 Å². The fourth-order valence-corrected chi connectivity index (χ4v) is 3.84. The van der Waals surface area contributed by atoms with Gasteiger partial charge in [0.2, 0.25) is 11.8 Å². The van der Waals surface area contributed by atoms with E-state index in [4.69, 9.17) is 4.74 Å². The maximum absolute atomic E-state index is 12.1. The number of aromatic nitrogens is 1. The van der Waals surface area contributed by atoms with Crippen LogP contribution in [0, 0.1) is 6.92 Å². The van der Waals surface area contributed by atoms with Crippen LogP contribution in [0.1, 0.15) is 5.56 Å². The van der Waals surface area contributed by atoms with Gasteiger partial charge in [-0.25, -0.2) is 4.98 Å². The zero-order chi connectivity index (χ0) is 19.2. The zero-order valence-electron chi connectivity index (χ0n) is 14.9. The molecule has 8 heteroatoms. The maximum Gasteiger partial charge on any atom is 0.236 e. The average molecular weight is 402 g/mol. The Morgan fingerprint density at radius 2 is 1.78 bits per heavy atom. The molecule has 0 aliphatic rings. The van der Waals surface area contributed by atoms with Crippen molar-refractivity contribution in [3.8, 4) is 5.75 Å². The van der Waals surface area contributed by atoms with Crippen LogP contribution in [0.2, 0.25) is 0 Å². The molecule has 0 aliphatic heterocycles. The molecule has 0 bridgehead atoms. The van der Waals surface area contributed by atoms with Crippen LogP contribution in [-0.2, 0) is 9.59 Å². The Hall–Kier alpha value is -2.58. The molecule has 0 saturated carbocycles. The number of hydrogen-bond acceptors (Lipinski definition) is 6. The summed E-state index contributed by atoms with van der Waals surface area (Å²) in [6.07, 6.45) is 0. The quantitative estimate of drug-likeness (QED) is 0.627. The Bertz CT molecular complexity index is 954. The van der Waals surface area contributed by atoms with Crippen molar-refractivity contribution < 1.29 is 14.3 Å². The number of aryl methyl sites for hydroxylation is 1. The van der Waals surface area contributed by atoms with E-state index in [-0.39, 0.29) is 23.3 Å². The van der Waals surface area contributed by atoms with E-state index < -0.39 is 0 Å². The third-order valence-electron chi connectivity index (χ3n) is 3.64. The lowest BCUT2D eigenvalue weighted by Gasteiger charge is -2.05. The monoisotopic (exact) mass is 401 g/mol. The topological polar surface area (TPSA) is 80.3 Å². The van der Waals surface area contributed by atoms with Crippen molar-refractivity contribution in [3.63, 3.8) is 0 Å². The fraction of sp³-hybridized carbons (Fsp3) is 0.211. The van der Waals surface area contributed by atoms with Gasteiger partial charge in [-0.3, -0.25) is 9.59 Å². The first-order valence-corrected chi connectivity index (χ1v) is 10.2. The number of benzene rings is 2. The van der Waals surface area contributed by atoms with Crippen molar-refractivity contribution in [2.24, 2.45) is 0 Å². The number of rotatable bonds is 7. The normalized spacial score (nSPS) is 10.6. The second-order valence-electron chi connectivity index (χ2n) is 5.81. The Balaban J connectivity index is 1.45. The molecule has 0 radical (unpaired) electrons. The fourth-order valence-electron chi connectivity index (χ4n) is 2.31. The lowest BCUT2D eigenvalue weighted by Crippen LogP contribution is -2.18. The Morgan fingerprint density at radius 1 is 1.07 bits per heavy atom. The third-order valence-corrected chi connectivity index (χ3v) is 5.51. The van der Waals surface area contributed by atoms with Crippen LogP contribution in [0.25, 0.3) is 10.2 Å². The van der Waals surface area contributed by atoms with Crippen molar-refractivity contribution >= 4 is 55.9 Å². The van der Waals surface area contributed by atoms with E-state index in [1.807, 2.05) is 49.4 Å². The smallest absolute Gasteiger partial charge is 0.236 e. The number of carbonyl (C=O) groups is 2. The SMILES string of the molecule is COc1ccc2nc(NC(=O)CSCC(=O)Nc3ccc(C)cc3)sc2c1. The van der Waals surface area contributed by atoms with Gasteiger partial charge in [0.1, 0.15) is 5.75 Å². The van der Waals surface area contributed by atoms with E-state index in [0.29, 0.717) is 5.13 Å². The standard InChI is InChI=1S/C19H19N3O3S2/c1-12-3-5-13(6-4-12)20-17(23)10-26-11-18(24)22-19-21-15-8-7-14(25-2)9-16(15)27-19/h3-9H,10-11H2,1-2H3,(H,20,23)(H,21,22,24). The minimum atomic E-state index is -0.186. The Labute approximate surface area is 165 Å². The molecule has 0 fully saturated rings. The zero-order valence-corrected chi connectivity index (χ0v) is 16.6. The van der Waals surface area contributed by atoms with E-state index in [0.717, 1.165) is 27.2 Å². The largest absolute Gasteiger partial charge is 0.497 e. The van der Waals surface area contributed by atoms with E-state index in [9.17, 15) is 9.59 Å². The molecule has 1 aromatic heterocycles. The predicted octanol–water partition coefficient (Wildman–Crippen LogP) is 3.92. The van der Waals surface area contributed by atoms with Crippen molar-refractivity contribution in [1.82, 2.24) is 4.98 Å². The lowest BCUT2D eigenvalue weighted by molar-refractivity contribution is -0.114. The highest BCUT2D eigenvalue weighted by Crippen LogP contribution is 2.29. The van der Waals surface area contributed by atoms with Crippen molar-refractivity contribution in [2.45, 2.75) is 6.92 Å². The summed E-state index contributed by atoms with van der Waals surface area (Å²) in [4.78, 5) is 28.4. The summed E-state index contributed by atoms with van der Waals surface area (Å²) >= 11 is 2.64. The molecule has 3 rings (SSSR count). The number of thioether (sulfide) groups is 1. The molecular weight excluding hydrogens is 382 g/mol. The predicted molar refractivity (Wildman–Crippen MR) is 112 cm³/mol. The summed E-state index contributed by atoms with van der Waals surface area (Å²) in [6.45, 7) is 1.99. The van der Waals surface area contributed by atoms with Crippen LogP contribution >= 0.6 is 23.1 Å². The molecule has 0 atom stereocenters. The minimum absolute atomic E-state index is 0.135. The van der Waals surface area contributed by atoms with Crippen molar-refractivity contribution in [3.05, 3.63) is 48.0 Å². The molecule has 0 saturated heterocycles. The number of methoxy groups -OCH3 is 1. The summed E-state index contributed by atoms with van der Waals surface area (Å²) in [5, 5.41) is 6.12. The molecular formula is C19H19N3O3S2. The number of carbonyl (C=O) groups excluding carboxylic acids is 2. The van der Waals surface area contributed by atoms with Gasteiger partial charge in [0, 0.05) is 5.69 Å². The average Bonchev–Trinajstić information content (AvgIpc) is 3.04. The molecule has 1 heterocycles. The molecule has 0 unspecified atom stereocenters. The van der Waals surface area contributed by atoms with E-state index in [1.165, 1.54) is 23.1 Å². The van der Waals surface area contributed by atoms with Crippen LogP contribution in [0.3, 0.4) is 0 Å². The summed E-state index contributed by atoms with van der Waals surface area (Å²) in [7, 11) is 1.61. The van der Waals surface area contributed by atoms with Gasteiger partial charge in [-0.2, -0.15) is 0 Å². The first-order chi connectivity index (χ1) is 13.0. The van der Waals surface area contributed by atoms with Crippen LogP contribution in [0.15, 0.2) is 42.5 Å². The molecule has 2 amide bonds. The number of fused-ring (bicyclic) bond motifs is 1. The van der Waals surface area contributed by atoms with Gasteiger partial charge in [0.05, 0.1) is 28.8 Å². The Morgan fingerprint density at radius 3 is 2.48 bits per heavy atom. The maximum atomic E-state index is 12.1. The molecule has 6 nitrogen and oxygen atoms in total. The molecule has 0 spiro atoms. The number of nitrogens with one attached hydrogen (secondary N) is 2. The van der Waals surface area contributed by atoms with Crippen LogP contribution < -0.4 is 15.4 Å². The first kappa shape index (κ1) is 19.2.